The Balaban J connectivity index is 1.62. The predicted octanol–water partition coefficient (Wildman–Crippen LogP) is 2.36. The Kier molecular flexibility index (Phi) is 7.21. The van der Waals surface area contributed by atoms with E-state index in [4.69, 9.17) is 0 Å². The van der Waals surface area contributed by atoms with Crippen LogP contribution in [0.25, 0.3) is 11.0 Å². The van der Waals surface area contributed by atoms with E-state index in [9.17, 15) is 18.5 Å². The van der Waals surface area contributed by atoms with E-state index in [1.807, 2.05) is 43.3 Å². The number of aromatic amines is 1. The van der Waals surface area contributed by atoms with Crippen LogP contribution < -0.4 is 10.0 Å². The number of hydrogen-bond acceptors (Lipinski definition) is 7. The van der Waals surface area contributed by atoms with Crippen LogP contribution in [0.5, 0.6) is 0 Å². The zero-order valence-corrected chi connectivity index (χ0v) is 18.3. The lowest BCUT2D eigenvalue weighted by molar-refractivity contribution is -0.384. The van der Waals surface area contributed by atoms with Crippen LogP contribution in [-0.4, -0.2) is 61.9 Å². The maximum Gasteiger partial charge on any atom is 0.293 e. The summed E-state index contributed by atoms with van der Waals surface area (Å²) in [5, 5.41) is 14.5. The molecule has 1 heterocycles. The number of nitrogens with one attached hydrogen (secondary N) is 3. The molecule has 31 heavy (non-hydrogen) atoms. The number of likely N-dealkylation sites (N-methyl/N-ethyl adjacent to an activating group) is 1. The summed E-state index contributed by atoms with van der Waals surface area (Å²) >= 11 is 0. The lowest BCUT2D eigenvalue weighted by atomic mass is 10.2. The van der Waals surface area contributed by atoms with Gasteiger partial charge in [-0.25, -0.2) is 18.1 Å². The first-order chi connectivity index (χ1) is 14.8. The van der Waals surface area contributed by atoms with E-state index in [-0.39, 0.29) is 22.8 Å². The van der Waals surface area contributed by atoms with E-state index in [1.54, 1.807) is 0 Å². The van der Waals surface area contributed by atoms with E-state index >= 15 is 0 Å². The molecule has 10 nitrogen and oxygen atoms in total. The summed E-state index contributed by atoms with van der Waals surface area (Å²) < 4.78 is 27.3. The monoisotopic (exact) mass is 446 g/mol. The molecule has 0 aliphatic heterocycles. The molecule has 1 aromatic heterocycles. The number of sulfonamides is 1. The Morgan fingerprint density at radius 3 is 2.65 bits per heavy atom. The fourth-order valence-corrected chi connectivity index (χ4v) is 4.11. The number of aryl methyl sites for hydroxylation is 1. The maximum atomic E-state index is 12.4. The van der Waals surface area contributed by atoms with Crippen molar-refractivity contribution in [3.8, 4) is 0 Å². The van der Waals surface area contributed by atoms with E-state index in [2.05, 4.69) is 20.0 Å². The number of nitro benzene ring substituents is 1. The van der Waals surface area contributed by atoms with Gasteiger partial charge < -0.3 is 15.2 Å². The van der Waals surface area contributed by atoms with Gasteiger partial charge in [-0.05, 0) is 44.8 Å². The second kappa shape index (κ2) is 9.86. The van der Waals surface area contributed by atoms with Gasteiger partial charge in [-0.1, -0.05) is 12.1 Å². The summed E-state index contributed by atoms with van der Waals surface area (Å²) in [5.74, 6) is 0.850. The molecule has 11 heteroatoms. The molecule has 166 valence electrons. The van der Waals surface area contributed by atoms with Gasteiger partial charge in [-0.3, -0.25) is 10.1 Å². The van der Waals surface area contributed by atoms with Crippen LogP contribution in [0.2, 0.25) is 0 Å². The molecule has 3 N–H and O–H groups in total. The molecular weight excluding hydrogens is 420 g/mol. The number of para-hydroxylation sites is 2. The Morgan fingerprint density at radius 2 is 1.94 bits per heavy atom. The zero-order chi connectivity index (χ0) is 22.4. The van der Waals surface area contributed by atoms with Gasteiger partial charge in [0.15, 0.2) is 0 Å². The van der Waals surface area contributed by atoms with Crippen LogP contribution in [-0.2, 0) is 16.4 Å². The molecular formula is C20H26N6O4S. The lowest BCUT2D eigenvalue weighted by Crippen LogP contribution is -2.31. The fourth-order valence-electron chi connectivity index (χ4n) is 3.07. The third-order valence-electron chi connectivity index (χ3n) is 4.67. The van der Waals surface area contributed by atoms with E-state index in [1.165, 1.54) is 12.1 Å². The molecule has 0 amide bonds. The standard InChI is InChI=1S/C20H26N6O4S/c1-25(2)13-12-22-31(29,30)15-9-10-18(19(14-15)26(27)28)21-11-5-8-20-23-16-6-3-4-7-17(16)24-20/h3-4,6-7,9-10,14,21-22H,5,8,11-13H2,1-2H3,(H,23,24). The largest absolute Gasteiger partial charge is 0.379 e. The third kappa shape index (κ3) is 6.00. The highest BCUT2D eigenvalue weighted by atomic mass is 32.2. The number of rotatable bonds is 11. The van der Waals surface area contributed by atoms with Crippen molar-refractivity contribution in [1.29, 1.82) is 0 Å². The number of fused-ring (bicyclic) bond motifs is 1. The summed E-state index contributed by atoms with van der Waals surface area (Å²) in [6.07, 6.45) is 1.38. The van der Waals surface area contributed by atoms with Gasteiger partial charge >= 0.3 is 0 Å². The molecule has 0 saturated heterocycles. The molecule has 0 radical (unpaired) electrons. The Labute approximate surface area is 180 Å². The number of hydrogen-bond donors (Lipinski definition) is 3. The summed E-state index contributed by atoms with van der Waals surface area (Å²) in [5.41, 5.74) is 1.87. The minimum Gasteiger partial charge on any atom is -0.379 e. The van der Waals surface area contributed by atoms with Crippen LogP contribution in [0, 0.1) is 10.1 Å². The highest BCUT2D eigenvalue weighted by Gasteiger charge is 2.21. The zero-order valence-electron chi connectivity index (χ0n) is 17.5. The van der Waals surface area contributed by atoms with Crippen molar-refractivity contribution in [1.82, 2.24) is 19.6 Å². The predicted molar refractivity (Wildman–Crippen MR) is 120 cm³/mol. The number of imidazole rings is 1. The number of nitrogens with zero attached hydrogens (tertiary/aromatic N) is 3. The number of anilines is 1. The van der Waals surface area contributed by atoms with Gasteiger partial charge in [-0.2, -0.15) is 0 Å². The summed E-state index contributed by atoms with van der Waals surface area (Å²) in [7, 11) is -0.170. The summed E-state index contributed by atoms with van der Waals surface area (Å²) in [6.45, 7) is 1.21. The van der Waals surface area contributed by atoms with Gasteiger partial charge in [0.1, 0.15) is 11.5 Å². The second-order valence-electron chi connectivity index (χ2n) is 7.37. The van der Waals surface area contributed by atoms with Crippen molar-refractivity contribution < 1.29 is 13.3 Å². The summed E-state index contributed by atoms with van der Waals surface area (Å²) in [4.78, 5) is 20.4. The molecule has 0 bridgehead atoms. The maximum absolute atomic E-state index is 12.4. The Morgan fingerprint density at radius 1 is 1.16 bits per heavy atom. The van der Waals surface area contributed by atoms with Crippen LogP contribution >= 0.6 is 0 Å². The second-order valence-corrected chi connectivity index (χ2v) is 9.14. The molecule has 3 rings (SSSR count). The number of nitro groups is 1. The van der Waals surface area contributed by atoms with Crippen molar-refractivity contribution in [3.63, 3.8) is 0 Å². The van der Waals surface area contributed by atoms with Crippen molar-refractivity contribution in [2.24, 2.45) is 0 Å². The number of H-pyrrole nitrogens is 1. The number of benzene rings is 2. The molecule has 0 saturated carbocycles. The SMILES string of the molecule is CN(C)CCNS(=O)(=O)c1ccc(NCCCc2nc3ccccc3[nH]2)c([N+](=O)[O-])c1. The quantitative estimate of drug-likeness (QED) is 0.234. The van der Waals surface area contributed by atoms with E-state index in [0.29, 0.717) is 25.9 Å². The number of aromatic nitrogens is 2. The van der Waals surface area contributed by atoms with Gasteiger partial charge in [0.05, 0.1) is 20.9 Å². The summed E-state index contributed by atoms with van der Waals surface area (Å²) in [6, 6.07) is 11.6. The van der Waals surface area contributed by atoms with Crippen molar-refractivity contribution in [2.75, 3.05) is 39.0 Å². The van der Waals surface area contributed by atoms with Crippen LogP contribution in [0.15, 0.2) is 47.4 Å². The van der Waals surface area contributed by atoms with Gasteiger partial charge in [0, 0.05) is 32.1 Å². The van der Waals surface area contributed by atoms with Gasteiger partial charge in [-0.15, -0.1) is 0 Å². The first-order valence-corrected chi connectivity index (χ1v) is 11.3. The average Bonchev–Trinajstić information content (AvgIpc) is 3.13. The topological polar surface area (TPSA) is 133 Å². The minimum atomic E-state index is -3.82. The van der Waals surface area contributed by atoms with Crippen molar-refractivity contribution in [3.05, 3.63) is 58.4 Å². The minimum absolute atomic E-state index is 0.134. The fraction of sp³-hybridized carbons (Fsp3) is 0.350. The van der Waals surface area contributed by atoms with Crippen LogP contribution in [0.1, 0.15) is 12.2 Å². The first-order valence-electron chi connectivity index (χ1n) is 9.86. The molecule has 0 unspecified atom stereocenters. The first kappa shape index (κ1) is 22.7. The molecule has 0 spiro atoms. The highest BCUT2D eigenvalue weighted by molar-refractivity contribution is 7.89. The highest BCUT2D eigenvalue weighted by Crippen LogP contribution is 2.27. The molecule has 0 aliphatic carbocycles. The molecule has 3 aromatic rings. The molecule has 2 aromatic carbocycles. The van der Waals surface area contributed by atoms with E-state index in [0.717, 1.165) is 22.9 Å². The third-order valence-corrected chi connectivity index (χ3v) is 6.13. The lowest BCUT2D eigenvalue weighted by Gasteiger charge is -2.12. The smallest absolute Gasteiger partial charge is 0.293 e. The van der Waals surface area contributed by atoms with Crippen LogP contribution in [0.4, 0.5) is 11.4 Å². The molecule has 0 fully saturated rings. The Hall–Kier alpha value is -3.02. The van der Waals surface area contributed by atoms with Gasteiger partial charge in [0.25, 0.3) is 5.69 Å². The van der Waals surface area contributed by atoms with Crippen LogP contribution in [0.3, 0.4) is 0 Å². The van der Waals surface area contributed by atoms with E-state index < -0.39 is 14.9 Å². The van der Waals surface area contributed by atoms with Crippen molar-refractivity contribution >= 4 is 32.4 Å². The molecule has 0 atom stereocenters. The Bertz CT molecular complexity index is 1130. The molecule has 0 aliphatic rings. The normalized spacial score (nSPS) is 11.8. The van der Waals surface area contributed by atoms with Gasteiger partial charge in [0.2, 0.25) is 10.0 Å². The average molecular weight is 447 g/mol. The van der Waals surface area contributed by atoms with Crippen molar-refractivity contribution in [2.45, 2.75) is 17.7 Å².